The molecule has 1 fully saturated rings. The number of benzene rings is 2. The number of likely N-dealkylation sites (N-methyl/N-ethyl adjacent to an activating group) is 1. The van der Waals surface area contributed by atoms with Crippen LogP contribution in [0.5, 0.6) is 0 Å². The molecule has 1 aliphatic heterocycles. The van der Waals surface area contributed by atoms with Crippen molar-refractivity contribution in [1.82, 2.24) is 4.90 Å². The average molecular weight is 425 g/mol. The van der Waals surface area contributed by atoms with Crippen molar-refractivity contribution >= 4 is 28.9 Å². The minimum atomic E-state index is -0.453. The molecule has 7 nitrogen and oxygen atoms in total. The van der Waals surface area contributed by atoms with Gasteiger partial charge in [-0.2, -0.15) is 0 Å². The summed E-state index contributed by atoms with van der Waals surface area (Å²) in [5.74, 6) is -0.290. The summed E-state index contributed by atoms with van der Waals surface area (Å²) in [6, 6.07) is 15.1. The van der Waals surface area contributed by atoms with Crippen LogP contribution in [0.25, 0.3) is 0 Å². The SMILES string of the molecule is CCc1ccccc1NC(=O)CN(C)[C@@H](C)C(=O)Nc1ccc(N2CCOCC2)cc1. The van der Waals surface area contributed by atoms with E-state index in [2.05, 4.69) is 22.5 Å². The summed E-state index contributed by atoms with van der Waals surface area (Å²) < 4.78 is 5.39. The van der Waals surface area contributed by atoms with Crippen LogP contribution < -0.4 is 15.5 Å². The van der Waals surface area contributed by atoms with E-state index in [0.717, 1.165) is 55.3 Å². The number of anilines is 3. The summed E-state index contributed by atoms with van der Waals surface area (Å²) in [5.41, 5.74) is 3.77. The van der Waals surface area contributed by atoms with Gasteiger partial charge in [-0.15, -0.1) is 0 Å². The smallest absolute Gasteiger partial charge is 0.241 e. The Morgan fingerprint density at radius 3 is 2.42 bits per heavy atom. The molecule has 1 atom stereocenters. The fraction of sp³-hybridized carbons (Fsp3) is 0.417. The topological polar surface area (TPSA) is 73.9 Å². The van der Waals surface area contributed by atoms with Gasteiger partial charge in [0.2, 0.25) is 11.8 Å². The summed E-state index contributed by atoms with van der Waals surface area (Å²) in [6.45, 7) is 7.20. The highest BCUT2D eigenvalue weighted by Crippen LogP contribution is 2.19. The maximum atomic E-state index is 12.7. The third kappa shape index (κ3) is 6.29. The van der Waals surface area contributed by atoms with E-state index in [9.17, 15) is 9.59 Å². The molecule has 2 aromatic carbocycles. The summed E-state index contributed by atoms with van der Waals surface area (Å²) >= 11 is 0. The summed E-state index contributed by atoms with van der Waals surface area (Å²) in [7, 11) is 1.77. The standard InChI is InChI=1S/C24H32N4O3/c1-4-19-7-5-6-8-22(19)26-23(29)17-27(3)18(2)24(30)25-20-9-11-21(12-10-20)28-13-15-31-16-14-28/h5-12,18H,4,13-17H2,1-3H3,(H,25,30)(H,26,29)/t18-/m0/s1. The van der Waals surface area contributed by atoms with Gasteiger partial charge in [0.05, 0.1) is 25.8 Å². The fourth-order valence-corrected chi connectivity index (χ4v) is 3.53. The third-order valence-corrected chi connectivity index (χ3v) is 5.62. The zero-order valence-electron chi connectivity index (χ0n) is 18.6. The molecule has 0 aromatic heterocycles. The van der Waals surface area contributed by atoms with Crippen molar-refractivity contribution in [2.45, 2.75) is 26.3 Å². The van der Waals surface area contributed by atoms with E-state index in [-0.39, 0.29) is 18.4 Å². The number of nitrogens with zero attached hydrogens (tertiary/aromatic N) is 2. The zero-order chi connectivity index (χ0) is 22.2. The second-order valence-electron chi connectivity index (χ2n) is 7.79. The van der Waals surface area contributed by atoms with Gasteiger partial charge in [0, 0.05) is 30.2 Å². The van der Waals surface area contributed by atoms with E-state index in [1.54, 1.807) is 18.9 Å². The highest BCUT2D eigenvalue weighted by molar-refractivity contribution is 5.96. The van der Waals surface area contributed by atoms with Gasteiger partial charge in [-0.1, -0.05) is 25.1 Å². The van der Waals surface area contributed by atoms with Crippen LogP contribution in [0, 0.1) is 0 Å². The Bertz CT molecular complexity index is 879. The van der Waals surface area contributed by atoms with Gasteiger partial charge in [-0.05, 0) is 56.3 Å². The van der Waals surface area contributed by atoms with Crippen molar-refractivity contribution in [2.75, 3.05) is 55.4 Å². The Labute approximate surface area is 184 Å². The first-order valence-electron chi connectivity index (χ1n) is 10.8. The van der Waals surface area contributed by atoms with E-state index >= 15 is 0 Å². The number of hydrogen-bond acceptors (Lipinski definition) is 5. The number of rotatable bonds is 8. The molecule has 166 valence electrons. The average Bonchev–Trinajstić information content (AvgIpc) is 2.79. The predicted octanol–water partition coefficient (Wildman–Crippen LogP) is 2.98. The maximum absolute atomic E-state index is 12.7. The highest BCUT2D eigenvalue weighted by Gasteiger charge is 2.21. The Balaban J connectivity index is 1.51. The molecule has 0 aliphatic carbocycles. The molecule has 2 amide bonds. The molecule has 1 aliphatic rings. The number of para-hydroxylation sites is 1. The molecular formula is C24H32N4O3. The van der Waals surface area contributed by atoms with Crippen LogP contribution in [-0.2, 0) is 20.7 Å². The Hall–Kier alpha value is -2.90. The fourth-order valence-electron chi connectivity index (χ4n) is 3.53. The summed E-state index contributed by atoms with van der Waals surface area (Å²) in [6.07, 6.45) is 0.843. The first-order chi connectivity index (χ1) is 15.0. The van der Waals surface area contributed by atoms with Crippen LogP contribution in [-0.4, -0.2) is 62.7 Å². The molecular weight excluding hydrogens is 392 g/mol. The summed E-state index contributed by atoms with van der Waals surface area (Å²) in [5, 5.41) is 5.89. The van der Waals surface area contributed by atoms with E-state index < -0.39 is 6.04 Å². The largest absolute Gasteiger partial charge is 0.378 e. The van der Waals surface area contributed by atoms with Gasteiger partial charge in [-0.3, -0.25) is 14.5 Å². The molecule has 0 bridgehead atoms. The first-order valence-corrected chi connectivity index (χ1v) is 10.8. The lowest BCUT2D eigenvalue weighted by Gasteiger charge is -2.29. The van der Waals surface area contributed by atoms with Crippen molar-refractivity contribution in [2.24, 2.45) is 0 Å². The van der Waals surface area contributed by atoms with Crippen molar-refractivity contribution in [3.8, 4) is 0 Å². The number of nitrogens with one attached hydrogen (secondary N) is 2. The van der Waals surface area contributed by atoms with Crippen molar-refractivity contribution in [3.63, 3.8) is 0 Å². The maximum Gasteiger partial charge on any atom is 0.241 e. The molecule has 1 heterocycles. The van der Waals surface area contributed by atoms with Gasteiger partial charge >= 0.3 is 0 Å². The number of hydrogen-bond donors (Lipinski definition) is 2. The van der Waals surface area contributed by atoms with Crippen LogP contribution in [0.15, 0.2) is 48.5 Å². The molecule has 2 aromatic rings. The van der Waals surface area contributed by atoms with Gasteiger partial charge in [0.25, 0.3) is 0 Å². The zero-order valence-corrected chi connectivity index (χ0v) is 18.6. The minimum Gasteiger partial charge on any atom is -0.378 e. The lowest BCUT2D eigenvalue weighted by molar-refractivity contribution is -0.122. The van der Waals surface area contributed by atoms with Gasteiger partial charge in [-0.25, -0.2) is 0 Å². The van der Waals surface area contributed by atoms with Gasteiger partial charge in [0.1, 0.15) is 0 Å². The van der Waals surface area contributed by atoms with E-state index in [1.165, 1.54) is 0 Å². The number of carbonyl (C=O) groups is 2. The predicted molar refractivity (Wildman–Crippen MR) is 125 cm³/mol. The van der Waals surface area contributed by atoms with Crippen molar-refractivity contribution < 1.29 is 14.3 Å². The Morgan fingerprint density at radius 2 is 1.74 bits per heavy atom. The molecule has 7 heteroatoms. The van der Waals surface area contributed by atoms with Gasteiger partial charge in [0.15, 0.2) is 0 Å². The molecule has 0 unspecified atom stereocenters. The number of amides is 2. The van der Waals surface area contributed by atoms with Gasteiger partial charge < -0.3 is 20.3 Å². The lowest BCUT2D eigenvalue weighted by atomic mass is 10.1. The number of carbonyl (C=O) groups excluding carboxylic acids is 2. The monoisotopic (exact) mass is 424 g/mol. The second-order valence-corrected chi connectivity index (χ2v) is 7.79. The van der Waals surface area contributed by atoms with Crippen LogP contribution in [0.2, 0.25) is 0 Å². The van der Waals surface area contributed by atoms with E-state index in [0.29, 0.717) is 0 Å². The second kappa shape index (κ2) is 10.9. The molecule has 0 saturated carbocycles. The molecule has 31 heavy (non-hydrogen) atoms. The molecule has 3 rings (SSSR count). The number of morpholine rings is 1. The minimum absolute atomic E-state index is 0.128. The van der Waals surface area contributed by atoms with E-state index in [4.69, 9.17) is 4.74 Å². The Kier molecular flexibility index (Phi) is 8.03. The molecule has 0 radical (unpaired) electrons. The quantitative estimate of drug-likeness (QED) is 0.682. The molecule has 1 saturated heterocycles. The number of ether oxygens (including phenoxy) is 1. The molecule has 2 N–H and O–H groups in total. The first kappa shape index (κ1) is 22.8. The van der Waals surface area contributed by atoms with E-state index in [1.807, 2.05) is 48.5 Å². The highest BCUT2D eigenvalue weighted by atomic mass is 16.5. The van der Waals surface area contributed by atoms with Crippen molar-refractivity contribution in [3.05, 3.63) is 54.1 Å². The van der Waals surface area contributed by atoms with Crippen molar-refractivity contribution in [1.29, 1.82) is 0 Å². The Morgan fingerprint density at radius 1 is 1.06 bits per heavy atom. The van der Waals surface area contributed by atoms with Crippen LogP contribution in [0.4, 0.5) is 17.1 Å². The lowest BCUT2D eigenvalue weighted by Crippen LogP contribution is -2.43. The normalized spacial score (nSPS) is 14.9. The number of aryl methyl sites for hydroxylation is 1. The molecule has 0 spiro atoms. The van der Waals surface area contributed by atoms with Crippen LogP contribution in [0.3, 0.4) is 0 Å². The third-order valence-electron chi connectivity index (χ3n) is 5.62. The van der Waals surface area contributed by atoms with Crippen LogP contribution >= 0.6 is 0 Å². The van der Waals surface area contributed by atoms with Crippen LogP contribution in [0.1, 0.15) is 19.4 Å². The summed E-state index contributed by atoms with van der Waals surface area (Å²) in [4.78, 5) is 29.1.